The molecule has 1 unspecified atom stereocenters. The first-order chi connectivity index (χ1) is 8.67. The Morgan fingerprint density at radius 2 is 2.28 bits per heavy atom. The molecule has 1 aromatic rings. The monoisotopic (exact) mass is 265 g/mol. The molecule has 1 fully saturated rings. The topological polar surface area (TPSA) is 42.2 Å². The van der Waals surface area contributed by atoms with Gasteiger partial charge in [-0.2, -0.15) is 5.26 Å². The van der Waals surface area contributed by atoms with Gasteiger partial charge in [-0.15, -0.1) is 0 Å². The summed E-state index contributed by atoms with van der Waals surface area (Å²) in [4.78, 5) is 0. The Labute approximate surface area is 112 Å². The number of nitrogens with zero attached hydrogens (tertiary/aromatic N) is 1. The van der Waals surface area contributed by atoms with Crippen molar-refractivity contribution in [3.63, 3.8) is 0 Å². The van der Waals surface area contributed by atoms with E-state index in [1.54, 1.807) is 13.2 Å². The first kappa shape index (κ1) is 13.2. The maximum atomic E-state index is 9.34. The van der Waals surface area contributed by atoms with Gasteiger partial charge in [0.25, 0.3) is 0 Å². The van der Waals surface area contributed by atoms with Crippen LogP contribution in [0.2, 0.25) is 5.02 Å². The summed E-state index contributed by atoms with van der Waals surface area (Å²) in [5.41, 5.74) is 0.705. The van der Waals surface area contributed by atoms with Crippen molar-refractivity contribution < 1.29 is 9.47 Å². The van der Waals surface area contributed by atoms with E-state index in [2.05, 4.69) is 6.07 Å². The number of halogens is 1. The molecule has 18 heavy (non-hydrogen) atoms. The summed E-state index contributed by atoms with van der Waals surface area (Å²) in [5.74, 6) is 0.690. The van der Waals surface area contributed by atoms with Gasteiger partial charge in [0.15, 0.2) is 0 Å². The van der Waals surface area contributed by atoms with Crippen LogP contribution in [0.15, 0.2) is 18.2 Å². The fraction of sp³-hybridized carbons (Fsp3) is 0.500. The lowest BCUT2D eigenvalue weighted by atomic mass is 9.68. The molecule has 1 saturated heterocycles. The van der Waals surface area contributed by atoms with Crippen LogP contribution in [0, 0.1) is 17.2 Å². The van der Waals surface area contributed by atoms with Gasteiger partial charge >= 0.3 is 0 Å². The molecule has 1 aliphatic rings. The van der Waals surface area contributed by atoms with Crippen LogP contribution in [0.3, 0.4) is 0 Å². The average molecular weight is 266 g/mol. The number of methoxy groups -OCH3 is 1. The van der Waals surface area contributed by atoms with Crippen molar-refractivity contribution >= 4 is 11.6 Å². The molecule has 2 rings (SSSR count). The number of nitriles is 1. The fourth-order valence-electron chi connectivity index (χ4n) is 2.54. The van der Waals surface area contributed by atoms with E-state index in [9.17, 15) is 5.26 Å². The third-order valence-electron chi connectivity index (χ3n) is 3.65. The van der Waals surface area contributed by atoms with Gasteiger partial charge in [-0.05, 0) is 24.6 Å². The van der Waals surface area contributed by atoms with Crippen LogP contribution in [0.5, 0.6) is 5.75 Å². The number of ether oxygens (including phenoxy) is 2. The van der Waals surface area contributed by atoms with E-state index in [0.717, 1.165) is 17.7 Å². The van der Waals surface area contributed by atoms with Crippen molar-refractivity contribution in [1.82, 2.24) is 0 Å². The Kier molecular flexibility index (Phi) is 3.79. The molecule has 0 spiro atoms. The van der Waals surface area contributed by atoms with E-state index >= 15 is 0 Å². The highest BCUT2D eigenvalue weighted by atomic mass is 35.5. The second-order valence-electron chi connectivity index (χ2n) is 4.58. The highest BCUT2D eigenvalue weighted by Gasteiger charge is 2.48. The quantitative estimate of drug-likeness (QED) is 0.840. The van der Waals surface area contributed by atoms with Crippen LogP contribution in [-0.4, -0.2) is 20.3 Å². The highest BCUT2D eigenvalue weighted by molar-refractivity contribution is 6.30. The SMILES string of the molecule is CCC(C#N)C1(c2cc(Cl)ccc2OC)COC1. The van der Waals surface area contributed by atoms with E-state index in [4.69, 9.17) is 21.1 Å². The van der Waals surface area contributed by atoms with Gasteiger partial charge in [0.05, 0.1) is 37.7 Å². The van der Waals surface area contributed by atoms with E-state index in [1.807, 2.05) is 19.1 Å². The summed E-state index contributed by atoms with van der Waals surface area (Å²) in [5, 5.41) is 10.00. The van der Waals surface area contributed by atoms with Crippen LogP contribution in [0.4, 0.5) is 0 Å². The minimum Gasteiger partial charge on any atom is -0.496 e. The Hall–Kier alpha value is -1.24. The van der Waals surface area contributed by atoms with Crippen molar-refractivity contribution in [1.29, 1.82) is 5.26 Å². The summed E-state index contributed by atoms with van der Waals surface area (Å²) in [6, 6.07) is 7.92. The summed E-state index contributed by atoms with van der Waals surface area (Å²) in [6.07, 6.45) is 0.787. The molecule has 0 radical (unpaired) electrons. The Bertz CT molecular complexity index is 477. The van der Waals surface area contributed by atoms with Gasteiger partial charge in [0.1, 0.15) is 5.75 Å². The maximum Gasteiger partial charge on any atom is 0.122 e. The molecule has 0 bridgehead atoms. The number of hydrogen-bond acceptors (Lipinski definition) is 3. The van der Waals surface area contributed by atoms with Gasteiger partial charge in [0, 0.05) is 10.6 Å². The molecule has 0 aromatic heterocycles. The number of rotatable bonds is 4. The molecule has 4 heteroatoms. The molecule has 1 heterocycles. The lowest BCUT2D eigenvalue weighted by molar-refractivity contribution is -0.0813. The zero-order valence-corrected chi connectivity index (χ0v) is 11.3. The molecule has 0 aliphatic carbocycles. The summed E-state index contributed by atoms with van der Waals surface area (Å²) in [6.45, 7) is 3.12. The Morgan fingerprint density at radius 1 is 1.56 bits per heavy atom. The molecule has 3 nitrogen and oxygen atoms in total. The normalized spacial score (nSPS) is 18.6. The standard InChI is InChI=1S/C14H16ClNO2/c1-3-10(7-16)14(8-18-9-14)12-6-11(15)4-5-13(12)17-2/h4-6,10H,3,8-9H2,1-2H3. The second-order valence-corrected chi connectivity index (χ2v) is 5.02. The fourth-order valence-corrected chi connectivity index (χ4v) is 2.71. The van der Waals surface area contributed by atoms with Crippen LogP contribution in [-0.2, 0) is 10.2 Å². The van der Waals surface area contributed by atoms with E-state index in [0.29, 0.717) is 18.2 Å². The maximum absolute atomic E-state index is 9.34. The van der Waals surface area contributed by atoms with E-state index in [1.165, 1.54) is 0 Å². The van der Waals surface area contributed by atoms with Gasteiger partial charge in [-0.25, -0.2) is 0 Å². The average Bonchev–Trinajstić information content (AvgIpc) is 2.33. The third-order valence-corrected chi connectivity index (χ3v) is 3.88. The first-order valence-corrected chi connectivity index (χ1v) is 6.37. The molecule has 1 aromatic carbocycles. The summed E-state index contributed by atoms with van der Waals surface area (Å²) < 4.78 is 10.8. The largest absolute Gasteiger partial charge is 0.496 e. The Balaban J connectivity index is 2.51. The molecule has 96 valence electrons. The minimum absolute atomic E-state index is 0.0846. The zero-order valence-electron chi connectivity index (χ0n) is 10.6. The zero-order chi connectivity index (χ0) is 13.2. The van der Waals surface area contributed by atoms with Crippen molar-refractivity contribution in [2.45, 2.75) is 18.8 Å². The molecule has 0 amide bonds. The molecule has 0 N–H and O–H groups in total. The minimum atomic E-state index is -0.278. The molecule has 0 saturated carbocycles. The molecule has 1 aliphatic heterocycles. The lowest BCUT2D eigenvalue weighted by Gasteiger charge is -2.45. The van der Waals surface area contributed by atoms with Crippen molar-refractivity contribution in [2.24, 2.45) is 5.92 Å². The van der Waals surface area contributed by atoms with Crippen molar-refractivity contribution in [3.05, 3.63) is 28.8 Å². The van der Waals surface area contributed by atoms with Crippen LogP contribution >= 0.6 is 11.6 Å². The van der Waals surface area contributed by atoms with Gasteiger partial charge < -0.3 is 9.47 Å². The van der Waals surface area contributed by atoms with Crippen LogP contribution in [0.1, 0.15) is 18.9 Å². The van der Waals surface area contributed by atoms with Crippen LogP contribution in [0.25, 0.3) is 0 Å². The first-order valence-electron chi connectivity index (χ1n) is 5.99. The number of benzene rings is 1. The van der Waals surface area contributed by atoms with Gasteiger partial charge in [-0.3, -0.25) is 0 Å². The summed E-state index contributed by atoms with van der Waals surface area (Å²) in [7, 11) is 1.63. The predicted octanol–water partition coefficient (Wildman–Crippen LogP) is 3.17. The predicted molar refractivity (Wildman–Crippen MR) is 69.9 cm³/mol. The van der Waals surface area contributed by atoms with Crippen LogP contribution < -0.4 is 4.74 Å². The van der Waals surface area contributed by atoms with Gasteiger partial charge in [0.2, 0.25) is 0 Å². The number of hydrogen-bond donors (Lipinski definition) is 0. The molecule has 1 atom stereocenters. The summed E-state index contributed by atoms with van der Waals surface area (Å²) >= 11 is 6.07. The Morgan fingerprint density at radius 3 is 2.72 bits per heavy atom. The molecular weight excluding hydrogens is 250 g/mol. The van der Waals surface area contributed by atoms with Gasteiger partial charge in [-0.1, -0.05) is 18.5 Å². The smallest absolute Gasteiger partial charge is 0.122 e. The van der Waals surface area contributed by atoms with Crippen molar-refractivity contribution in [3.8, 4) is 11.8 Å². The second kappa shape index (κ2) is 5.17. The molecular formula is C14H16ClNO2. The van der Waals surface area contributed by atoms with E-state index in [-0.39, 0.29) is 11.3 Å². The highest BCUT2D eigenvalue weighted by Crippen LogP contribution is 2.45. The third kappa shape index (κ3) is 1.96. The lowest BCUT2D eigenvalue weighted by Crippen LogP contribution is -2.52. The van der Waals surface area contributed by atoms with Crippen molar-refractivity contribution in [2.75, 3.05) is 20.3 Å². The van der Waals surface area contributed by atoms with E-state index < -0.39 is 0 Å².